The lowest BCUT2D eigenvalue weighted by molar-refractivity contribution is -0.131. The molecule has 2 aliphatic heterocycles. The van der Waals surface area contributed by atoms with Gasteiger partial charge in [0.25, 0.3) is 0 Å². The van der Waals surface area contributed by atoms with Gasteiger partial charge in [-0.25, -0.2) is 9.78 Å². The van der Waals surface area contributed by atoms with Crippen LogP contribution in [0.15, 0.2) is 35.7 Å². The topological polar surface area (TPSA) is 68.8 Å². The molecule has 1 aromatic heterocycles. The summed E-state index contributed by atoms with van der Waals surface area (Å²) in [6, 6.07) is 9.80. The lowest BCUT2D eigenvalue weighted by Crippen LogP contribution is -2.52. The maximum Gasteiger partial charge on any atom is 0.323 e. The summed E-state index contributed by atoms with van der Waals surface area (Å²) in [6.07, 6.45) is 2.23. The predicted molar refractivity (Wildman–Crippen MR) is 110 cm³/mol. The van der Waals surface area contributed by atoms with Gasteiger partial charge < -0.3 is 9.80 Å². The number of nitrogens with zero attached hydrogens (tertiary/aromatic N) is 4. The highest BCUT2D eigenvalue weighted by molar-refractivity contribution is 7.14. The number of urea groups is 1. The van der Waals surface area contributed by atoms with Crippen molar-refractivity contribution in [3.63, 3.8) is 0 Å². The number of hydrogen-bond acceptors (Lipinski definition) is 5. The zero-order valence-corrected chi connectivity index (χ0v) is 16.7. The third-order valence-electron chi connectivity index (χ3n) is 5.26. The Morgan fingerprint density at radius 2 is 1.68 bits per heavy atom. The molecule has 0 radical (unpaired) electrons. The first-order chi connectivity index (χ1) is 13.7. The van der Waals surface area contributed by atoms with E-state index in [0.717, 1.165) is 50.3 Å². The van der Waals surface area contributed by atoms with Crippen LogP contribution in [0.5, 0.6) is 0 Å². The van der Waals surface area contributed by atoms with Gasteiger partial charge in [-0.1, -0.05) is 30.3 Å². The monoisotopic (exact) mass is 399 g/mol. The van der Waals surface area contributed by atoms with Crippen molar-refractivity contribution in [1.29, 1.82) is 0 Å². The van der Waals surface area contributed by atoms with Crippen molar-refractivity contribution >= 4 is 28.4 Å². The molecule has 1 N–H and O–H groups in total. The van der Waals surface area contributed by atoms with Crippen molar-refractivity contribution in [3.8, 4) is 11.3 Å². The molecule has 3 amide bonds. The van der Waals surface area contributed by atoms with Crippen LogP contribution in [0.4, 0.5) is 9.93 Å². The van der Waals surface area contributed by atoms with Gasteiger partial charge in [-0.05, 0) is 12.8 Å². The van der Waals surface area contributed by atoms with Crippen LogP contribution in [0.1, 0.15) is 12.8 Å². The summed E-state index contributed by atoms with van der Waals surface area (Å²) in [5, 5.41) is 5.46. The standard InChI is InChI=1S/C20H25N5O2S/c26-18(24-8-4-5-9-24)14-23-10-12-25(13-11-23)20(27)22-19-21-17(15-28-19)16-6-2-1-3-7-16/h1-3,6-7,15H,4-5,8-14H2,(H,21,22,27). The first kappa shape index (κ1) is 18.9. The van der Waals surface area contributed by atoms with Crippen LogP contribution in [-0.2, 0) is 4.79 Å². The molecule has 2 aliphatic rings. The fourth-order valence-electron chi connectivity index (χ4n) is 3.61. The zero-order chi connectivity index (χ0) is 19.3. The molecule has 0 unspecified atom stereocenters. The van der Waals surface area contributed by atoms with E-state index in [1.165, 1.54) is 11.3 Å². The fourth-order valence-corrected chi connectivity index (χ4v) is 4.32. The second kappa shape index (κ2) is 8.70. The molecule has 1 aromatic carbocycles. The number of piperazine rings is 1. The minimum atomic E-state index is -0.125. The van der Waals surface area contributed by atoms with E-state index in [0.29, 0.717) is 24.8 Å². The molecule has 3 heterocycles. The van der Waals surface area contributed by atoms with E-state index in [-0.39, 0.29) is 11.9 Å². The van der Waals surface area contributed by atoms with Crippen molar-refractivity contribution in [2.45, 2.75) is 12.8 Å². The molecule has 148 valence electrons. The third kappa shape index (κ3) is 4.51. The van der Waals surface area contributed by atoms with Gasteiger partial charge in [-0.15, -0.1) is 11.3 Å². The van der Waals surface area contributed by atoms with Crippen LogP contribution in [0, 0.1) is 0 Å². The van der Waals surface area contributed by atoms with Gasteiger partial charge in [0.1, 0.15) is 0 Å². The first-order valence-electron chi connectivity index (χ1n) is 9.76. The first-order valence-corrected chi connectivity index (χ1v) is 10.6. The molecular formula is C20H25N5O2S. The van der Waals surface area contributed by atoms with Gasteiger partial charge in [0.05, 0.1) is 12.2 Å². The molecule has 0 spiro atoms. The molecular weight excluding hydrogens is 374 g/mol. The number of anilines is 1. The Morgan fingerprint density at radius 3 is 2.39 bits per heavy atom. The van der Waals surface area contributed by atoms with Crippen molar-refractivity contribution in [1.82, 2.24) is 19.7 Å². The minimum Gasteiger partial charge on any atom is -0.342 e. The summed E-state index contributed by atoms with van der Waals surface area (Å²) in [5.74, 6) is 0.214. The van der Waals surface area contributed by atoms with Crippen molar-refractivity contribution in [2.75, 3.05) is 51.1 Å². The summed E-state index contributed by atoms with van der Waals surface area (Å²) in [6.45, 7) is 4.93. The van der Waals surface area contributed by atoms with E-state index in [4.69, 9.17) is 0 Å². The molecule has 4 rings (SSSR count). The lowest BCUT2D eigenvalue weighted by Gasteiger charge is -2.34. The van der Waals surface area contributed by atoms with E-state index < -0.39 is 0 Å². The summed E-state index contributed by atoms with van der Waals surface area (Å²) in [4.78, 5) is 35.2. The Labute approximate surface area is 169 Å². The maximum absolute atomic E-state index is 12.5. The third-order valence-corrected chi connectivity index (χ3v) is 6.02. The van der Waals surface area contributed by atoms with E-state index in [2.05, 4.69) is 15.2 Å². The van der Waals surface area contributed by atoms with Gasteiger partial charge in [0, 0.05) is 50.2 Å². The molecule has 0 atom stereocenters. The number of carbonyl (C=O) groups excluding carboxylic acids is 2. The number of nitrogens with one attached hydrogen (secondary N) is 1. The second-order valence-electron chi connectivity index (χ2n) is 7.19. The highest BCUT2D eigenvalue weighted by Crippen LogP contribution is 2.24. The Bertz CT molecular complexity index is 811. The molecule has 0 saturated carbocycles. The molecule has 2 fully saturated rings. The van der Waals surface area contributed by atoms with Crippen LogP contribution >= 0.6 is 11.3 Å². The number of rotatable bonds is 4. The smallest absolute Gasteiger partial charge is 0.323 e. The van der Waals surface area contributed by atoms with E-state index in [9.17, 15) is 9.59 Å². The quantitative estimate of drug-likeness (QED) is 0.858. The largest absolute Gasteiger partial charge is 0.342 e. The summed E-state index contributed by atoms with van der Waals surface area (Å²) in [5.41, 5.74) is 1.90. The molecule has 0 aliphatic carbocycles. The minimum absolute atomic E-state index is 0.125. The maximum atomic E-state index is 12.5. The number of benzene rings is 1. The molecule has 2 aromatic rings. The summed E-state index contributed by atoms with van der Waals surface area (Å²) >= 11 is 1.43. The molecule has 7 nitrogen and oxygen atoms in total. The van der Waals surface area contributed by atoms with Gasteiger partial charge in [-0.3, -0.25) is 15.0 Å². The fraction of sp³-hybridized carbons (Fsp3) is 0.450. The zero-order valence-electron chi connectivity index (χ0n) is 15.8. The van der Waals surface area contributed by atoms with Crippen molar-refractivity contribution in [2.24, 2.45) is 0 Å². The van der Waals surface area contributed by atoms with E-state index in [1.54, 1.807) is 4.90 Å². The average molecular weight is 400 g/mol. The van der Waals surface area contributed by atoms with Gasteiger partial charge >= 0.3 is 6.03 Å². The second-order valence-corrected chi connectivity index (χ2v) is 8.04. The van der Waals surface area contributed by atoms with Gasteiger partial charge in [-0.2, -0.15) is 0 Å². The SMILES string of the molecule is O=C(CN1CCN(C(=O)Nc2nc(-c3ccccc3)cs2)CC1)N1CCCC1. The van der Waals surface area contributed by atoms with Crippen LogP contribution in [0.2, 0.25) is 0 Å². The average Bonchev–Trinajstić information content (AvgIpc) is 3.41. The van der Waals surface area contributed by atoms with Crippen molar-refractivity contribution in [3.05, 3.63) is 35.7 Å². The number of carbonyl (C=O) groups is 2. The van der Waals surface area contributed by atoms with E-state index in [1.807, 2.05) is 40.6 Å². The predicted octanol–water partition coefficient (Wildman–Crippen LogP) is 2.58. The summed E-state index contributed by atoms with van der Waals surface area (Å²) < 4.78 is 0. The highest BCUT2D eigenvalue weighted by atomic mass is 32.1. The normalized spacial score (nSPS) is 17.7. The van der Waals surface area contributed by atoms with Crippen LogP contribution in [0.25, 0.3) is 11.3 Å². The molecule has 2 saturated heterocycles. The highest BCUT2D eigenvalue weighted by Gasteiger charge is 2.25. The van der Waals surface area contributed by atoms with Crippen LogP contribution in [-0.4, -0.2) is 77.4 Å². The Kier molecular flexibility index (Phi) is 5.87. The number of aromatic nitrogens is 1. The summed E-state index contributed by atoms with van der Waals surface area (Å²) in [7, 11) is 0. The van der Waals surface area contributed by atoms with Gasteiger partial charge in [0.15, 0.2) is 5.13 Å². The Balaban J connectivity index is 1.25. The number of likely N-dealkylation sites (tertiary alicyclic amines) is 1. The molecule has 8 heteroatoms. The van der Waals surface area contributed by atoms with Crippen molar-refractivity contribution < 1.29 is 9.59 Å². The lowest BCUT2D eigenvalue weighted by atomic mass is 10.2. The number of amides is 3. The Hall–Kier alpha value is -2.45. The molecule has 28 heavy (non-hydrogen) atoms. The van der Waals surface area contributed by atoms with E-state index >= 15 is 0 Å². The number of thiazole rings is 1. The Morgan fingerprint density at radius 1 is 0.964 bits per heavy atom. The van der Waals surface area contributed by atoms with Gasteiger partial charge in [0.2, 0.25) is 5.91 Å². The molecule has 0 bridgehead atoms. The van der Waals surface area contributed by atoms with Crippen LogP contribution < -0.4 is 5.32 Å². The number of hydrogen-bond donors (Lipinski definition) is 1. The van der Waals surface area contributed by atoms with Crippen LogP contribution in [0.3, 0.4) is 0 Å².